The van der Waals surface area contributed by atoms with E-state index in [1.54, 1.807) is 0 Å². The molecule has 0 aromatic heterocycles. The summed E-state index contributed by atoms with van der Waals surface area (Å²) >= 11 is 0. The van der Waals surface area contributed by atoms with Gasteiger partial charge in [-0.1, -0.05) is 0 Å². The van der Waals surface area contributed by atoms with Gasteiger partial charge < -0.3 is 4.74 Å². The van der Waals surface area contributed by atoms with Crippen molar-refractivity contribution in [2.75, 3.05) is 12.9 Å². The number of carbonyl (C=O) groups is 2. The van der Waals surface area contributed by atoms with Crippen LogP contribution in [-0.2, 0) is 19.4 Å². The fourth-order valence-electron chi connectivity index (χ4n) is 1.33. The minimum absolute atomic E-state index is 0.153. The van der Waals surface area contributed by atoms with Crippen molar-refractivity contribution in [1.82, 2.24) is 0 Å². The predicted octanol–water partition coefficient (Wildman–Crippen LogP) is 1.11. The number of hydrogen-bond donors (Lipinski definition) is 0. The first-order valence-electron chi connectivity index (χ1n) is 5.09. The van der Waals surface area contributed by atoms with Crippen molar-refractivity contribution >= 4 is 21.6 Å². The highest BCUT2D eigenvalue weighted by atomic mass is 32.2. The summed E-state index contributed by atoms with van der Waals surface area (Å²) in [7, 11) is -3.99. The van der Waals surface area contributed by atoms with Crippen molar-refractivity contribution < 1.29 is 31.5 Å². The molecule has 8 heteroatoms. The lowest BCUT2D eigenvalue weighted by Gasteiger charge is -2.07. The molecule has 0 saturated carbocycles. The molecule has 1 aromatic carbocycles. The molecule has 0 atom stereocenters. The van der Waals surface area contributed by atoms with Gasteiger partial charge in [0.2, 0.25) is 0 Å². The topological polar surface area (TPSA) is 77.5 Å². The predicted molar refractivity (Wildman–Crippen MR) is 60.4 cm³/mol. The Morgan fingerprint density at radius 3 is 2.32 bits per heavy atom. The quantitative estimate of drug-likeness (QED) is 0.359. The molecule has 5 nitrogen and oxygen atoms in total. The molecule has 0 N–H and O–H groups in total. The smallest absolute Gasteiger partial charge is 0.379 e. The van der Waals surface area contributed by atoms with Gasteiger partial charge in [-0.25, -0.2) is 22.0 Å². The summed E-state index contributed by atoms with van der Waals surface area (Å²) in [5.74, 6) is -5.95. The fraction of sp³-hybridized carbons (Fsp3) is 0.273. The second kappa shape index (κ2) is 5.43. The van der Waals surface area contributed by atoms with E-state index in [1.165, 1.54) is 6.92 Å². The lowest BCUT2D eigenvalue weighted by molar-refractivity contribution is -0.137. The van der Waals surface area contributed by atoms with E-state index in [1.807, 2.05) is 0 Å². The van der Waals surface area contributed by atoms with E-state index >= 15 is 0 Å². The van der Waals surface area contributed by atoms with E-state index < -0.39 is 43.7 Å². The monoisotopic (exact) mass is 292 g/mol. The molecule has 0 saturated heterocycles. The molecule has 0 spiro atoms. The van der Waals surface area contributed by atoms with Crippen LogP contribution in [-0.4, -0.2) is 33.0 Å². The Labute approximate surface area is 108 Å². The van der Waals surface area contributed by atoms with E-state index in [2.05, 4.69) is 4.74 Å². The molecule has 1 aromatic rings. The summed E-state index contributed by atoms with van der Waals surface area (Å²) in [6, 6.07) is 1.29. The van der Waals surface area contributed by atoms with Gasteiger partial charge in [-0.2, -0.15) is 0 Å². The zero-order valence-electron chi connectivity index (χ0n) is 10.1. The van der Waals surface area contributed by atoms with Crippen molar-refractivity contribution in [3.8, 4) is 0 Å². The highest BCUT2D eigenvalue weighted by Crippen LogP contribution is 2.21. The average molecular weight is 292 g/mol. The third-order valence-electron chi connectivity index (χ3n) is 2.14. The van der Waals surface area contributed by atoms with Gasteiger partial charge in [0, 0.05) is 6.26 Å². The Hall–Kier alpha value is -1.83. The van der Waals surface area contributed by atoms with Gasteiger partial charge in [-0.05, 0) is 19.1 Å². The SMILES string of the molecule is CCOC(=O)C(=O)c1c(F)ccc(S(C)(=O)=O)c1F. The second-order valence-corrected chi connectivity index (χ2v) is 5.54. The first kappa shape index (κ1) is 15.2. The van der Waals surface area contributed by atoms with Crippen molar-refractivity contribution in [3.05, 3.63) is 29.3 Å². The van der Waals surface area contributed by atoms with Gasteiger partial charge in [-0.3, -0.25) is 4.79 Å². The van der Waals surface area contributed by atoms with Crippen LogP contribution < -0.4 is 0 Å². The van der Waals surface area contributed by atoms with Crippen molar-refractivity contribution in [2.24, 2.45) is 0 Å². The Bertz CT molecular complexity index is 637. The van der Waals surface area contributed by atoms with Crippen LogP contribution in [0.25, 0.3) is 0 Å². The third-order valence-corrected chi connectivity index (χ3v) is 3.26. The van der Waals surface area contributed by atoms with Crippen LogP contribution in [0.15, 0.2) is 17.0 Å². The maximum atomic E-state index is 13.8. The van der Waals surface area contributed by atoms with Gasteiger partial charge >= 0.3 is 5.97 Å². The lowest BCUT2D eigenvalue weighted by Crippen LogP contribution is -2.21. The number of halogens is 2. The van der Waals surface area contributed by atoms with Crippen molar-refractivity contribution in [3.63, 3.8) is 0 Å². The summed E-state index contributed by atoms with van der Waals surface area (Å²) in [5, 5.41) is 0. The summed E-state index contributed by atoms with van der Waals surface area (Å²) in [4.78, 5) is 21.8. The molecule has 0 radical (unpaired) electrons. The van der Waals surface area contributed by atoms with Crippen LogP contribution in [0.4, 0.5) is 8.78 Å². The highest BCUT2D eigenvalue weighted by Gasteiger charge is 2.29. The Morgan fingerprint density at radius 1 is 1.26 bits per heavy atom. The number of carbonyl (C=O) groups excluding carboxylic acids is 2. The molecule has 0 aliphatic heterocycles. The van der Waals surface area contributed by atoms with Crippen LogP contribution >= 0.6 is 0 Å². The Balaban J connectivity index is 3.44. The summed E-state index contributed by atoms with van der Waals surface area (Å²) in [6.45, 7) is 1.25. The van der Waals surface area contributed by atoms with Crippen LogP contribution in [0.1, 0.15) is 17.3 Å². The number of hydrogen-bond acceptors (Lipinski definition) is 5. The minimum Gasteiger partial charge on any atom is -0.460 e. The largest absolute Gasteiger partial charge is 0.460 e. The minimum atomic E-state index is -3.99. The molecular weight excluding hydrogens is 282 g/mol. The van der Waals surface area contributed by atoms with Gasteiger partial charge in [0.05, 0.1) is 6.61 Å². The number of rotatable bonds is 4. The van der Waals surface area contributed by atoms with Crippen LogP contribution in [0.3, 0.4) is 0 Å². The molecule has 0 aliphatic rings. The molecule has 1 rings (SSSR count). The van der Waals surface area contributed by atoms with Gasteiger partial charge in [0.25, 0.3) is 5.78 Å². The molecule has 0 heterocycles. The maximum Gasteiger partial charge on any atom is 0.379 e. The van der Waals surface area contributed by atoms with Gasteiger partial charge in [0.1, 0.15) is 16.3 Å². The van der Waals surface area contributed by atoms with Crippen molar-refractivity contribution in [2.45, 2.75) is 11.8 Å². The number of Topliss-reactive ketones (excluding diaryl/α,β-unsaturated/α-hetero) is 1. The molecular formula is C11H10F2O5S. The number of sulfone groups is 1. The molecule has 0 aliphatic carbocycles. The second-order valence-electron chi connectivity index (χ2n) is 3.56. The van der Waals surface area contributed by atoms with E-state index in [0.717, 1.165) is 0 Å². The standard InChI is InChI=1S/C11H10F2O5S/c1-3-18-11(15)10(14)8-6(12)4-5-7(9(8)13)19(2,16)17/h4-5H,3H2,1-2H3. The normalized spacial score (nSPS) is 11.2. The van der Waals surface area contributed by atoms with Gasteiger partial charge in [-0.15, -0.1) is 0 Å². The van der Waals surface area contributed by atoms with E-state index in [0.29, 0.717) is 18.4 Å². The molecule has 0 bridgehead atoms. The van der Waals surface area contributed by atoms with Crippen LogP contribution in [0.2, 0.25) is 0 Å². The van der Waals surface area contributed by atoms with E-state index in [-0.39, 0.29) is 6.61 Å². The van der Waals surface area contributed by atoms with Crippen LogP contribution in [0.5, 0.6) is 0 Å². The summed E-state index contributed by atoms with van der Waals surface area (Å²) < 4.78 is 54.1. The maximum absolute atomic E-state index is 13.8. The van der Waals surface area contributed by atoms with Gasteiger partial charge in [0.15, 0.2) is 15.7 Å². The molecule has 19 heavy (non-hydrogen) atoms. The first-order valence-corrected chi connectivity index (χ1v) is 6.98. The Morgan fingerprint density at radius 2 is 1.84 bits per heavy atom. The Kier molecular flexibility index (Phi) is 4.35. The highest BCUT2D eigenvalue weighted by molar-refractivity contribution is 7.90. The molecule has 104 valence electrons. The van der Waals surface area contributed by atoms with Crippen molar-refractivity contribution in [1.29, 1.82) is 0 Å². The molecule has 0 amide bonds. The van der Waals surface area contributed by atoms with E-state index in [9.17, 15) is 26.8 Å². The number of esters is 1. The average Bonchev–Trinajstić information content (AvgIpc) is 2.27. The summed E-state index contributed by atoms with van der Waals surface area (Å²) in [6.07, 6.45) is 0.696. The molecule has 0 unspecified atom stereocenters. The molecule has 0 fully saturated rings. The zero-order chi connectivity index (χ0) is 14.8. The number of ether oxygens (including phenoxy) is 1. The fourth-order valence-corrected chi connectivity index (χ4v) is 2.07. The van der Waals surface area contributed by atoms with E-state index in [4.69, 9.17) is 0 Å². The van der Waals surface area contributed by atoms with Crippen LogP contribution in [0, 0.1) is 11.6 Å². The summed E-state index contributed by atoms with van der Waals surface area (Å²) in [5.41, 5.74) is -1.23. The number of ketones is 1. The number of benzene rings is 1. The lowest BCUT2D eigenvalue weighted by atomic mass is 10.1. The first-order chi connectivity index (χ1) is 8.70. The zero-order valence-corrected chi connectivity index (χ0v) is 10.9. The third kappa shape index (κ3) is 3.14.